The summed E-state index contributed by atoms with van der Waals surface area (Å²) < 4.78 is 1.86. The Morgan fingerprint density at radius 3 is 2.80 bits per heavy atom. The molecule has 0 aliphatic carbocycles. The van der Waals surface area contributed by atoms with Crippen molar-refractivity contribution in [2.45, 2.75) is 46.1 Å². The van der Waals surface area contributed by atoms with Gasteiger partial charge in [-0.05, 0) is 19.4 Å². The summed E-state index contributed by atoms with van der Waals surface area (Å²) in [6.45, 7) is 5.04. The first-order chi connectivity index (χ1) is 9.76. The van der Waals surface area contributed by atoms with Crippen LogP contribution in [0, 0.1) is 6.92 Å². The number of aldehydes is 1. The van der Waals surface area contributed by atoms with Crippen LogP contribution >= 0.6 is 0 Å². The summed E-state index contributed by atoms with van der Waals surface area (Å²) in [6.07, 6.45) is 5.47. The van der Waals surface area contributed by atoms with Crippen LogP contribution in [0.1, 0.15) is 48.7 Å². The van der Waals surface area contributed by atoms with Crippen molar-refractivity contribution in [1.82, 2.24) is 15.0 Å². The first-order valence-corrected chi connectivity index (χ1v) is 7.22. The number of carbonyl (C=O) groups excluding carboxylic acids is 1. The Bertz CT molecular complexity index is 575. The van der Waals surface area contributed by atoms with Crippen molar-refractivity contribution >= 4 is 6.29 Å². The van der Waals surface area contributed by atoms with Crippen LogP contribution in [0.3, 0.4) is 0 Å². The summed E-state index contributed by atoms with van der Waals surface area (Å²) in [7, 11) is 0. The van der Waals surface area contributed by atoms with Gasteiger partial charge in [0.25, 0.3) is 0 Å². The molecule has 4 nitrogen and oxygen atoms in total. The van der Waals surface area contributed by atoms with E-state index in [1.54, 1.807) is 0 Å². The third kappa shape index (κ3) is 3.32. The summed E-state index contributed by atoms with van der Waals surface area (Å²) in [5.74, 6) is 0. The molecule has 0 spiro atoms. The smallest absolute Gasteiger partial charge is 0.172 e. The second kappa shape index (κ2) is 6.98. The Morgan fingerprint density at radius 2 is 2.10 bits per heavy atom. The molecular formula is C16H21N3O. The fraction of sp³-hybridized carbons (Fsp3) is 0.438. The lowest BCUT2D eigenvalue weighted by molar-refractivity contribution is 0.111. The van der Waals surface area contributed by atoms with Gasteiger partial charge in [-0.25, -0.2) is 4.68 Å². The van der Waals surface area contributed by atoms with Gasteiger partial charge in [0.2, 0.25) is 0 Å². The fourth-order valence-electron chi connectivity index (χ4n) is 2.34. The zero-order chi connectivity index (χ0) is 14.4. The molecule has 1 aromatic heterocycles. The van der Waals surface area contributed by atoms with E-state index in [-0.39, 0.29) is 0 Å². The molecule has 0 saturated carbocycles. The minimum Gasteiger partial charge on any atom is -0.296 e. The number of unbranched alkanes of at least 4 members (excludes halogenated alkanes) is 3. The number of hydrogen-bond donors (Lipinski definition) is 0. The fourth-order valence-corrected chi connectivity index (χ4v) is 2.34. The van der Waals surface area contributed by atoms with E-state index in [9.17, 15) is 4.79 Å². The molecule has 20 heavy (non-hydrogen) atoms. The SMILES string of the molecule is CCCCCCn1nnc(C=O)c1-c1cccc(C)c1. The summed E-state index contributed by atoms with van der Waals surface area (Å²) in [4.78, 5) is 11.2. The molecule has 1 aromatic carbocycles. The molecule has 2 rings (SSSR count). The maximum atomic E-state index is 11.2. The number of benzene rings is 1. The second-order valence-corrected chi connectivity index (χ2v) is 5.09. The third-order valence-corrected chi connectivity index (χ3v) is 3.39. The summed E-state index contributed by atoms with van der Waals surface area (Å²) >= 11 is 0. The molecule has 0 N–H and O–H groups in total. The van der Waals surface area contributed by atoms with Crippen LogP contribution in [0.5, 0.6) is 0 Å². The number of aromatic nitrogens is 3. The van der Waals surface area contributed by atoms with Crippen molar-refractivity contribution in [2.24, 2.45) is 0 Å². The largest absolute Gasteiger partial charge is 0.296 e. The molecule has 4 heteroatoms. The Morgan fingerprint density at radius 1 is 1.25 bits per heavy atom. The number of hydrogen-bond acceptors (Lipinski definition) is 3. The summed E-state index contributed by atoms with van der Waals surface area (Å²) in [6, 6.07) is 8.10. The van der Waals surface area contributed by atoms with Gasteiger partial charge in [0, 0.05) is 12.1 Å². The Labute approximate surface area is 119 Å². The average molecular weight is 271 g/mol. The second-order valence-electron chi connectivity index (χ2n) is 5.09. The van der Waals surface area contributed by atoms with Gasteiger partial charge in [0.15, 0.2) is 12.0 Å². The van der Waals surface area contributed by atoms with Crippen molar-refractivity contribution in [2.75, 3.05) is 0 Å². The standard InChI is InChI=1S/C16H21N3O/c1-3-4-5-6-10-19-16(15(12-20)17-18-19)14-9-7-8-13(2)11-14/h7-9,11-12H,3-6,10H2,1-2H3. The molecule has 2 aromatic rings. The van der Waals surface area contributed by atoms with E-state index in [1.165, 1.54) is 19.3 Å². The molecule has 0 atom stereocenters. The maximum Gasteiger partial charge on any atom is 0.172 e. The molecular weight excluding hydrogens is 250 g/mol. The van der Waals surface area contributed by atoms with Gasteiger partial charge in [-0.3, -0.25) is 4.79 Å². The van der Waals surface area contributed by atoms with Gasteiger partial charge in [0.1, 0.15) is 0 Å². The average Bonchev–Trinajstić information content (AvgIpc) is 2.86. The Balaban J connectivity index is 2.25. The lowest BCUT2D eigenvalue weighted by atomic mass is 10.1. The minimum atomic E-state index is 0.422. The first-order valence-electron chi connectivity index (χ1n) is 7.22. The molecule has 0 bridgehead atoms. The highest BCUT2D eigenvalue weighted by molar-refractivity contribution is 5.83. The molecule has 0 aliphatic rings. The zero-order valence-corrected chi connectivity index (χ0v) is 12.2. The first kappa shape index (κ1) is 14.4. The van der Waals surface area contributed by atoms with Crippen LogP contribution in [0.4, 0.5) is 0 Å². The number of carbonyl (C=O) groups is 1. The highest BCUT2D eigenvalue weighted by atomic mass is 16.1. The molecule has 0 saturated heterocycles. The van der Waals surface area contributed by atoms with E-state index in [1.807, 2.05) is 29.8 Å². The molecule has 0 unspecified atom stereocenters. The highest BCUT2D eigenvalue weighted by Gasteiger charge is 2.14. The Hall–Kier alpha value is -1.97. The highest BCUT2D eigenvalue weighted by Crippen LogP contribution is 2.22. The number of rotatable bonds is 7. The number of aryl methyl sites for hydroxylation is 2. The van der Waals surface area contributed by atoms with Crippen molar-refractivity contribution in [3.05, 3.63) is 35.5 Å². The normalized spacial score (nSPS) is 10.7. The maximum absolute atomic E-state index is 11.2. The van der Waals surface area contributed by atoms with Gasteiger partial charge in [-0.2, -0.15) is 0 Å². The third-order valence-electron chi connectivity index (χ3n) is 3.39. The molecule has 0 fully saturated rings. The van der Waals surface area contributed by atoms with E-state index < -0.39 is 0 Å². The molecule has 1 heterocycles. The van der Waals surface area contributed by atoms with Crippen LogP contribution in [0.25, 0.3) is 11.3 Å². The quantitative estimate of drug-likeness (QED) is 0.570. The van der Waals surface area contributed by atoms with Gasteiger partial charge in [-0.15, -0.1) is 5.10 Å². The lowest BCUT2D eigenvalue weighted by Crippen LogP contribution is -2.03. The van der Waals surface area contributed by atoms with Crippen LogP contribution in [0.2, 0.25) is 0 Å². The lowest BCUT2D eigenvalue weighted by Gasteiger charge is -2.07. The predicted octanol–water partition coefficient (Wildman–Crippen LogP) is 3.65. The topological polar surface area (TPSA) is 47.8 Å². The van der Waals surface area contributed by atoms with Crippen LogP contribution in [0.15, 0.2) is 24.3 Å². The van der Waals surface area contributed by atoms with Crippen molar-refractivity contribution in [3.63, 3.8) is 0 Å². The van der Waals surface area contributed by atoms with Crippen LogP contribution in [-0.4, -0.2) is 21.3 Å². The predicted molar refractivity (Wildman–Crippen MR) is 79.7 cm³/mol. The molecule has 0 aliphatic heterocycles. The van der Waals surface area contributed by atoms with Crippen molar-refractivity contribution in [1.29, 1.82) is 0 Å². The monoisotopic (exact) mass is 271 g/mol. The molecule has 0 radical (unpaired) electrons. The van der Waals surface area contributed by atoms with Crippen LogP contribution in [-0.2, 0) is 6.54 Å². The van der Waals surface area contributed by atoms with Crippen molar-refractivity contribution < 1.29 is 4.79 Å². The summed E-state index contributed by atoms with van der Waals surface area (Å²) in [5.41, 5.74) is 3.43. The van der Waals surface area contributed by atoms with Crippen molar-refractivity contribution in [3.8, 4) is 11.3 Å². The van der Waals surface area contributed by atoms with E-state index in [0.29, 0.717) is 5.69 Å². The van der Waals surface area contributed by atoms with Gasteiger partial charge in [-0.1, -0.05) is 55.2 Å². The van der Waals surface area contributed by atoms with E-state index >= 15 is 0 Å². The van der Waals surface area contributed by atoms with Crippen LogP contribution < -0.4 is 0 Å². The van der Waals surface area contributed by atoms with E-state index in [0.717, 1.165) is 36.1 Å². The Kier molecular flexibility index (Phi) is 5.04. The minimum absolute atomic E-state index is 0.422. The van der Waals surface area contributed by atoms with Gasteiger partial charge in [0.05, 0.1) is 5.69 Å². The molecule has 0 amide bonds. The number of nitrogens with zero attached hydrogens (tertiary/aromatic N) is 3. The van der Waals surface area contributed by atoms with E-state index in [2.05, 4.69) is 23.3 Å². The molecule has 106 valence electrons. The summed E-state index contributed by atoms with van der Waals surface area (Å²) in [5, 5.41) is 8.11. The van der Waals surface area contributed by atoms with Gasteiger partial charge < -0.3 is 0 Å². The zero-order valence-electron chi connectivity index (χ0n) is 12.2. The van der Waals surface area contributed by atoms with Gasteiger partial charge >= 0.3 is 0 Å². The van der Waals surface area contributed by atoms with E-state index in [4.69, 9.17) is 0 Å².